The molecule has 0 aliphatic heterocycles. The van der Waals surface area contributed by atoms with E-state index < -0.39 is 5.97 Å². The van der Waals surface area contributed by atoms with E-state index in [9.17, 15) is 4.79 Å². The molecule has 0 atom stereocenters. The van der Waals surface area contributed by atoms with Gasteiger partial charge in [0, 0.05) is 0 Å². The third-order valence-electron chi connectivity index (χ3n) is 1.02. The standard InChI is InChI=1S/C7H6O2.Ca.H2O.2H/c8-7(9)6-4-2-1-3-5-6;;;;/h1-5H,(H,8,9);;1H2;;. The van der Waals surface area contributed by atoms with E-state index in [2.05, 4.69) is 0 Å². The van der Waals surface area contributed by atoms with Crippen molar-refractivity contribution in [1.29, 1.82) is 0 Å². The van der Waals surface area contributed by atoms with Crippen LogP contribution in [0, 0.1) is 0 Å². The van der Waals surface area contributed by atoms with Crippen LogP contribution in [-0.2, 0) is 0 Å². The van der Waals surface area contributed by atoms with E-state index in [4.69, 9.17) is 5.11 Å². The minimum atomic E-state index is -0.879. The first-order valence-corrected chi connectivity index (χ1v) is 2.59. The van der Waals surface area contributed by atoms with Gasteiger partial charge in [0.25, 0.3) is 0 Å². The molecule has 0 aliphatic carbocycles. The summed E-state index contributed by atoms with van der Waals surface area (Å²) in [7, 11) is 0. The summed E-state index contributed by atoms with van der Waals surface area (Å²) in [6, 6.07) is 8.30. The summed E-state index contributed by atoms with van der Waals surface area (Å²) in [4.78, 5) is 10.2. The van der Waals surface area contributed by atoms with Crippen LogP contribution in [0.1, 0.15) is 10.4 Å². The fourth-order valence-electron chi connectivity index (χ4n) is 0.581. The fourth-order valence-corrected chi connectivity index (χ4v) is 0.581. The van der Waals surface area contributed by atoms with Crippen molar-refractivity contribution in [2.75, 3.05) is 0 Å². The molecule has 0 saturated heterocycles. The molecule has 0 saturated carbocycles. The molecule has 0 heterocycles. The molecule has 0 aromatic heterocycles. The third-order valence-corrected chi connectivity index (χ3v) is 1.02. The summed E-state index contributed by atoms with van der Waals surface area (Å²) in [6.07, 6.45) is 0. The summed E-state index contributed by atoms with van der Waals surface area (Å²) >= 11 is 0. The Bertz CT molecular complexity index is 210. The van der Waals surface area contributed by atoms with Gasteiger partial charge in [-0.25, -0.2) is 4.79 Å². The number of carboxylic acids is 1. The van der Waals surface area contributed by atoms with Crippen molar-refractivity contribution in [1.82, 2.24) is 0 Å². The van der Waals surface area contributed by atoms with Crippen LogP contribution >= 0.6 is 0 Å². The van der Waals surface area contributed by atoms with Crippen LogP contribution in [0.15, 0.2) is 30.3 Å². The maximum atomic E-state index is 10.2. The van der Waals surface area contributed by atoms with Crippen LogP contribution < -0.4 is 0 Å². The molecule has 3 nitrogen and oxygen atoms in total. The molecule has 0 unspecified atom stereocenters. The molecular formula is C7H10CaO3. The van der Waals surface area contributed by atoms with Crippen molar-refractivity contribution in [3.63, 3.8) is 0 Å². The summed E-state index contributed by atoms with van der Waals surface area (Å²) in [6.45, 7) is 0. The molecule has 11 heavy (non-hydrogen) atoms. The number of hydrogen-bond acceptors (Lipinski definition) is 1. The van der Waals surface area contributed by atoms with Crippen LogP contribution in [0.2, 0.25) is 0 Å². The Morgan fingerprint density at radius 2 is 1.64 bits per heavy atom. The van der Waals surface area contributed by atoms with Crippen molar-refractivity contribution in [3.8, 4) is 0 Å². The molecular weight excluding hydrogens is 172 g/mol. The molecule has 0 bridgehead atoms. The molecule has 0 fully saturated rings. The van der Waals surface area contributed by atoms with Gasteiger partial charge in [-0.1, -0.05) is 18.2 Å². The van der Waals surface area contributed by atoms with Gasteiger partial charge >= 0.3 is 43.7 Å². The summed E-state index contributed by atoms with van der Waals surface area (Å²) in [5.41, 5.74) is 0.331. The topological polar surface area (TPSA) is 68.8 Å². The van der Waals surface area contributed by atoms with Crippen molar-refractivity contribution in [2.45, 2.75) is 0 Å². The van der Waals surface area contributed by atoms with Crippen LogP contribution in [0.3, 0.4) is 0 Å². The van der Waals surface area contributed by atoms with Gasteiger partial charge in [0.1, 0.15) is 0 Å². The Kier molecular flexibility index (Phi) is 8.11. The Balaban J connectivity index is 0. The predicted octanol–water partition coefficient (Wildman–Crippen LogP) is -0.356. The first-order valence-electron chi connectivity index (χ1n) is 2.59. The van der Waals surface area contributed by atoms with Crippen molar-refractivity contribution < 1.29 is 15.4 Å². The Morgan fingerprint density at radius 1 is 1.18 bits per heavy atom. The SMILES string of the molecule is O.O=C(O)c1ccccc1.[CaH2]. The number of aromatic carboxylic acids is 1. The van der Waals surface area contributed by atoms with E-state index in [1.165, 1.54) is 0 Å². The molecule has 0 aliphatic rings. The van der Waals surface area contributed by atoms with Crippen molar-refractivity contribution >= 4 is 43.7 Å². The van der Waals surface area contributed by atoms with Gasteiger partial charge in [0.05, 0.1) is 5.56 Å². The average Bonchev–Trinajstić information content (AvgIpc) is 1.90. The number of hydrogen-bond donors (Lipinski definition) is 1. The monoisotopic (exact) mass is 182 g/mol. The molecule has 1 rings (SSSR count). The second-order valence-electron chi connectivity index (χ2n) is 1.67. The van der Waals surface area contributed by atoms with Crippen LogP contribution in [-0.4, -0.2) is 54.3 Å². The second-order valence-corrected chi connectivity index (χ2v) is 1.67. The summed E-state index contributed by atoms with van der Waals surface area (Å²) < 4.78 is 0. The van der Waals surface area contributed by atoms with E-state index >= 15 is 0 Å². The maximum absolute atomic E-state index is 10.2. The number of benzene rings is 1. The molecule has 0 radical (unpaired) electrons. The molecule has 0 amide bonds. The molecule has 4 heteroatoms. The molecule has 3 N–H and O–H groups in total. The third kappa shape index (κ3) is 4.37. The fraction of sp³-hybridized carbons (Fsp3) is 0. The first kappa shape index (κ1) is 13.5. The summed E-state index contributed by atoms with van der Waals surface area (Å²) in [5, 5.41) is 8.38. The van der Waals surface area contributed by atoms with E-state index in [-0.39, 0.29) is 43.2 Å². The van der Waals surface area contributed by atoms with Gasteiger partial charge in [0.2, 0.25) is 0 Å². The molecule has 58 valence electrons. The predicted molar refractivity (Wildman–Crippen MR) is 45.6 cm³/mol. The van der Waals surface area contributed by atoms with Crippen LogP contribution in [0.4, 0.5) is 0 Å². The van der Waals surface area contributed by atoms with Crippen molar-refractivity contribution in [2.24, 2.45) is 0 Å². The molecule has 1 aromatic carbocycles. The Hall–Kier alpha value is -0.0903. The zero-order chi connectivity index (χ0) is 6.69. The van der Waals surface area contributed by atoms with Crippen LogP contribution in [0.5, 0.6) is 0 Å². The van der Waals surface area contributed by atoms with Crippen LogP contribution in [0.25, 0.3) is 0 Å². The van der Waals surface area contributed by atoms with Gasteiger partial charge < -0.3 is 10.6 Å². The Labute approximate surface area is 94.3 Å². The zero-order valence-corrected chi connectivity index (χ0v) is 5.24. The Morgan fingerprint density at radius 3 is 1.91 bits per heavy atom. The van der Waals surface area contributed by atoms with E-state index in [1.807, 2.05) is 0 Å². The van der Waals surface area contributed by atoms with E-state index in [0.29, 0.717) is 5.56 Å². The van der Waals surface area contributed by atoms with Gasteiger partial charge in [-0.2, -0.15) is 0 Å². The second kappa shape index (κ2) is 6.61. The van der Waals surface area contributed by atoms with Gasteiger partial charge in [-0.3, -0.25) is 0 Å². The first-order chi connectivity index (χ1) is 4.30. The molecule has 1 aromatic rings. The average molecular weight is 182 g/mol. The molecule has 0 spiro atoms. The normalized spacial score (nSPS) is 7.27. The number of carbonyl (C=O) groups is 1. The van der Waals surface area contributed by atoms with Gasteiger partial charge in [0.15, 0.2) is 0 Å². The number of rotatable bonds is 1. The number of carboxylic acid groups (broad SMARTS) is 1. The summed E-state index contributed by atoms with van der Waals surface area (Å²) in [5.74, 6) is -0.879. The van der Waals surface area contributed by atoms with E-state index in [1.54, 1.807) is 30.3 Å². The zero-order valence-electron chi connectivity index (χ0n) is 5.24. The minimum absolute atomic E-state index is 0. The van der Waals surface area contributed by atoms with E-state index in [0.717, 1.165) is 0 Å². The van der Waals surface area contributed by atoms with Crippen molar-refractivity contribution in [3.05, 3.63) is 35.9 Å². The quantitative estimate of drug-likeness (QED) is 0.603. The van der Waals surface area contributed by atoms with Gasteiger partial charge in [-0.15, -0.1) is 0 Å². The van der Waals surface area contributed by atoms with Gasteiger partial charge in [-0.05, 0) is 12.1 Å².